The van der Waals surface area contributed by atoms with E-state index < -0.39 is 23.9 Å². The van der Waals surface area contributed by atoms with E-state index in [4.69, 9.17) is 4.74 Å². The van der Waals surface area contributed by atoms with Gasteiger partial charge in [0.25, 0.3) is 5.91 Å². The van der Waals surface area contributed by atoms with Crippen molar-refractivity contribution in [1.82, 2.24) is 5.32 Å². The molecule has 0 aliphatic heterocycles. The molecule has 2 N–H and O–H groups in total. The number of carboxylic acids is 1. The number of carboxylic acid groups (broad SMARTS) is 1. The average Bonchev–Trinajstić information content (AvgIpc) is 2.61. The van der Waals surface area contributed by atoms with Crippen molar-refractivity contribution in [1.29, 1.82) is 0 Å². The maximum absolute atomic E-state index is 12.7. The molecule has 0 saturated heterocycles. The van der Waals surface area contributed by atoms with Crippen molar-refractivity contribution in [2.45, 2.75) is 19.4 Å². The van der Waals surface area contributed by atoms with Gasteiger partial charge in [-0.1, -0.05) is 34.1 Å². The van der Waals surface area contributed by atoms with E-state index in [1.807, 2.05) is 19.1 Å². The number of carbonyl (C=O) groups is 3. The van der Waals surface area contributed by atoms with Crippen molar-refractivity contribution in [3.05, 3.63) is 69.2 Å². The standard InChI is InChI=1S/C19H18BrNO5/c1-11-9-12(20)7-8-13(11)16(10-17(22)26-2)21-18(23)14-5-3-4-6-15(14)19(24)25/h3-9,16H,10H2,1-2H3,(H,21,23)(H,24,25). The number of hydrogen-bond donors (Lipinski definition) is 2. The summed E-state index contributed by atoms with van der Waals surface area (Å²) in [5.74, 6) is -2.25. The van der Waals surface area contributed by atoms with Gasteiger partial charge >= 0.3 is 11.9 Å². The zero-order chi connectivity index (χ0) is 19.3. The van der Waals surface area contributed by atoms with Crippen molar-refractivity contribution in [2.24, 2.45) is 0 Å². The van der Waals surface area contributed by atoms with Gasteiger partial charge < -0.3 is 15.2 Å². The third-order valence-corrected chi connectivity index (χ3v) is 4.41. The molecular weight excluding hydrogens is 402 g/mol. The highest BCUT2D eigenvalue weighted by Crippen LogP contribution is 2.25. The number of carbonyl (C=O) groups excluding carboxylic acids is 2. The second-order valence-corrected chi connectivity index (χ2v) is 6.57. The Kier molecular flexibility index (Phi) is 6.52. The van der Waals surface area contributed by atoms with Crippen LogP contribution < -0.4 is 5.32 Å². The summed E-state index contributed by atoms with van der Waals surface area (Å²) in [6.07, 6.45) is -0.0695. The number of rotatable bonds is 6. The third kappa shape index (κ3) is 4.70. The van der Waals surface area contributed by atoms with Gasteiger partial charge in [0, 0.05) is 4.47 Å². The smallest absolute Gasteiger partial charge is 0.336 e. The molecule has 0 bridgehead atoms. The average molecular weight is 420 g/mol. The van der Waals surface area contributed by atoms with Crippen molar-refractivity contribution >= 4 is 33.8 Å². The SMILES string of the molecule is COC(=O)CC(NC(=O)c1ccccc1C(=O)O)c1ccc(Br)cc1C. The number of aryl methyl sites for hydroxylation is 1. The van der Waals surface area contributed by atoms with Crippen LogP contribution in [0.4, 0.5) is 0 Å². The number of halogens is 1. The Hall–Kier alpha value is -2.67. The third-order valence-electron chi connectivity index (χ3n) is 3.91. The predicted octanol–water partition coefficient (Wildman–Crippen LogP) is 3.49. The minimum atomic E-state index is -1.19. The summed E-state index contributed by atoms with van der Waals surface area (Å²) in [4.78, 5) is 35.8. The summed E-state index contributed by atoms with van der Waals surface area (Å²) in [6, 6.07) is 10.8. The van der Waals surface area contributed by atoms with Crippen LogP contribution in [0.3, 0.4) is 0 Å². The summed E-state index contributed by atoms with van der Waals surface area (Å²) >= 11 is 3.38. The molecule has 0 spiro atoms. The number of benzene rings is 2. The van der Waals surface area contributed by atoms with Crippen molar-refractivity contribution in [2.75, 3.05) is 7.11 Å². The minimum Gasteiger partial charge on any atom is -0.478 e. The van der Waals surface area contributed by atoms with Crippen molar-refractivity contribution in [3.8, 4) is 0 Å². The molecule has 2 rings (SSSR count). The van der Waals surface area contributed by atoms with Gasteiger partial charge in [-0.3, -0.25) is 9.59 Å². The Bertz CT molecular complexity index is 850. The van der Waals surface area contributed by atoms with E-state index in [-0.39, 0.29) is 17.5 Å². The lowest BCUT2D eigenvalue weighted by atomic mass is 9.98. The van der Waals surface area contributed by atoms with Gasteiger partial charge in [-0.25, -0.2) is 4.79 Å². The maximum atomic E-state index is 12.7. The molecule has 0 radical (unpaired) electrons. The van der Waals surface area contributed by atoms with Gasteiger partial charge in [-0.2, -0.15) is 0 Å². The Morgan fingerprint density at radius 2 is 1.81 bits per heavy atom. The molecule has 2 aromatic rings. The highest BCUT2D eigenvalue weighted by molar-refractivity contribution is 9.10. The second-order valence-electron chi connectivity index (χ2n) is 5.66. The highest BCUT2D eigenvalue weighted by Gasteiger charge is 2.23. The molecule has 7 heteroatoms. The van der Waals surface area contributed by atoms with Crippen LogP contribution in [-0.2, 0) is 9.53 Å². The monoisotopic (exact) mass is 419 g/mol. The van der Waals surface area contributed by atoms with E-state index in [1.165, 1.54) is 19.2 Å². The normalized spacial score (nSPS) is 11.5. The molecule has 0 saturated carbocycles. The van der Waals surface area contributed by atoms with Crippen LogP contribution in [0.2, 0.25) is 0 Å². The first-order valence-electron chi connectivity index (χ1n) is 7.79. The number of methoxy groups -OCH3 is 1. The number of ether oxygens (including phenoxy) is 1. The summed E-state index contributed by atoms with van der Waals surface area (Å²) in [7, 11) is 1.27. The van der Waals surface area contributed by atoms with Crippen LogP contribution in [0.1, 0.15) is 44.3 Å². The molecule has 0 heterocycles. The predicted molar refractivity (Wildman–Crippen MR) is 99.1 cm³/mol. The molecule has 0 aromatic heterocycles. The summed E-state index contributed by atoms with van der Waals surface area (Å²) in [5, 5.41) is 12.0. The van der Waals surface area contributed by atoms with Gasteiger partial charge in [-0.05, 0) is 42.3 Å². The first kappa shape index (κ1) is 19.7. The van der Waals surface area contributed by atoms with E-state index >= 15 is 0 Å². The molecule has 0 aliphatic carbocycles. The van der Waals surface area contributed by atoms with E-state index in [0.29, 0.717) is 0 Å². The second kappa shape index (κ2) is 8.62. The van der Waals surface area contributed by atoms with E-state index in [0.717, 1.165) is 15.6 Å². The number of esters is 1. The fraction of sp³-hybridized carbons (Fsp3) is 0.211. The Morgan fingerprint density at radius 3 is 2.38 bits per heavy atom. The summed E-state index contributed by atoms with van der Waals surface area (Å²) in [6.45, 7) is 1.86. The summed E-state index contributed by atoms with van der Waals surface area (Å²) in [5.41, 5.74) is 1.55. The molecule has 1 atom stereocenters. The van der Waals surface area contributed by atoms with Crippen molar-refractivity contribution in [3.63, 3.8) is 0 Å². The minimum absolute atomic E-state index is 0.0321. The van der Waals surface area contributed by atoms with Crippen molar-refractivity contribution < 1.29 is 24.2 Å². The van der Waals surface area contributed by atoms with Crippen LogP contribution >= 0.6 is 15.9 Å². The lowest BCUT2D eigenvalue weighted by Gasteiger charge is -2.21. The largest absolute Gasteiger partial charge is 0.478 e. The molecule has 136 valence electrons. The molecule has 6 nitrogen and oxygen atoms in total. The van der Waals surface area contributed by atoms with E-state index in [2.05, 4.69) is 21.2 Å². The van der Waals surface area contributed by atoms with Crippen LogP contribution in [0.5, 0.6) is 0 Å². The van der Waals surface area contributed by atoms with Gasteiger partial charge in [0.1, 0.15) is 0 Å². The number of hydrogen-bond acceptors (Lipinski definition) is 4. The number of amides is 1. The Labute approximate surface area is 159 Å². The van der Waals surface area contributed by atoms with Crippen LogP contribution in [0, 0.1) is 6.92 Å². The highest BCUT2D eigenvalue weighted by atomic mass is 79.9. The van der Waals surface area contributed by atoms with Crippen LogP contribution in [-0.4, -0.2) is 30.1 Å². The fourth-order valence-corrected chi connectivity index (χ4v) is 3.10. The molecule has 2 aromatic carbocycles. The number of nitrogens with one attached hydrogen (secondary N) is 1. The van der Waals surface area contributed by atoms with Crippen LogP contribution in [0.15, 0.2) is 46.9 Å². The van der Waals surface area contributed by atoms with E-state index in [1.54, 1.807) is 18.2 Å². The molecule has 0 aliphatic rings. The Balaban J connectivity index is 2.36. The van der Waals surface area contributed by atoms with Gasteiger partial charge in [0.15, 0.2) is 0 Å². The molecule has 26 heavy (non-hydrogen) atoms. The topological polar surface area (TPSA) is 92.7 Å². The first-order chi connectivity index (χ1) is 12.3. The quantitative estimate of drug-likeness (QED) is 0.698. The zero-order valence-electron chi connectivity index (χ0n) is 14.3. The first-order valence-corrected chi connectivity index (χ1v) is 8.58. The maximum Gasteiger partial charge on any atom is 0.336 e. The van der Waals surface area contributed by atoms with Gasteiger partial charge in [-0.15, -0.1) is 0 Å². The van der Waals surface area contributed by atoms with Gasteiger partial charge in [0.2, 0.25) is 0 Å². The lowest BCUT2D eigenvalue weighted by molar-refractivity contribution is -0.141. The number of aromatic carboxylic acids is 1. The van der Waals surface area contributed by atoms with E-state index in [9.17, 15) is 19.5 Å². The molecule has 1 unspecified atom stereocenters. The van der Waals surface area contributed by atoms with Crippen LogP contribution in [0.25, 0.3) is 0 Å². The molecular formula is C19H18BrNO5. The lowest BCUT2D eigenvalue weighted by Crippen LogP contribution is -2.32. The fourth-order valence-electron chi connectivity index (χ4n) is 2.62. The van der Waals surface area contributed by atoms with Gasteiger partial charge in [0.05, 0.1) is 30.7 Å². The zero-order valence-corrected chi connectivity index (χ0v) is 15.9. The molecule has 1 amide bonds. The summed E-state index contributed by atoms with van der Waals surface area (Å²) < 4.78 is 5.59. The molecule has 0 fully saturated rings. The Morgan fingerprint density at radius 1 is 1.15 bits per heavy atom.